The molecular formula is C13H18ClNO5S. The highest BCUT2D eigenvalue weighted by Crippen LogP contribution is 2.52. The second kappa shape index (κ2) is 5.05. The van der Waals surface area contributed by atoms with Crippen LogP contribution < -0.4 is 0 Å². The minimum absolute atomic E-state index is 0.219. The highest BCUT2D eigenvalue weighted by molar-refractivity contribution is 8.01. The number of β-lactam (4-membered cyclic amide) rings is 1. The van der Waals surface area contributed by atoms with Gasteiger partial charge >= 0.3 is 11.9 Å². The van der Waals surface area contributed by atoms with Gasteiger partial charge in [-0.1, -0.05) is 0 Å². The number of hydrogen-bond donors (Lipinski definition) is 0. The van der Waals surface area contributed by atoms with Gasteiger partial charge in [-0.3, -0.25) is 9.59 Å². The number of carbonyl (C=O) groups excluding carboxylic acids is 3. The molecule has 0 aromatic carbocycles. The Morgan fingerprint density at radius 2 is 1.90 bits per heavy atom. The molecule has 2 heterocycles. The molecule has 6 nitrogen and oxygen atoms in total. The van der Waals surface area contributed by atoms with E-state index in [0.29, 0.717) is 0 Å². The molecule has 0 bridgehead atoms. The fraction of sp³-hybridized carbons (Fsp3) is 0.769. The summed E-state index contributed by atoms with van der Waals surface area (Å²) in [7, 11) is 0. The maximum atomic E-state index is 12.4. The smallest absolute Gasteiger partial charge is 0.333 e. The summed E-state index contributed by atoms with van der Waals surface area (Å²) in [6, 6.07) is -0.746. The zero-order valence-corrected chi connectivity index (χ0v) is 14.1. The summed E-state index contributed by atoms with van der Waals surface area (Å²) in [5.41, 5.74) is 0. The van der Waals surface area contributed by atoms with Gasteiger partial charge in [-0.05, 0) is 13.8 Å². The summed E-state index contributed by atoms with van der Waals surface area (Å²) in [6.45, 7) is 7.90. The van der Waals surface area contributed by atoms with Crippen LogP contribution in [0.15, 0.2) is 0 Å². The van der Waals surface area contributed by atoms with Gasteiger partial charge in [0.15, 0.2) is 0 Å². The fourth-order valence-electron chi connectivity index (χ4n) is 2.61. The first kappa shape index (κ1) is 16.4. The molecule has 0 unspecified atom stereocenters. The van der Waals surface area contributed by atoms with Crippen LogP contribution in [0.3, 0.4) is 0 Å². The summed E-state index contributed by atoms with van der Waals surface area (Å²) in [5.74, 6) is -2.80. The lowest BCUT2D eigenvalue weighted by Gasteiger charge is -2.41. The molecule has 1 amide bonds. The van der Waals surface area contributed by atoms with E-state index in [4.69, 9.17) is 21.1 Å². The van der Waals surface area contributed by atoms with Gasteiger partial charge in [0.2, 0.25) is 5.91 Å². The van der Waals surface area contributed by atoms with Crippen LogP contribution >= 0.6 is 23.4 Å². The molecule has 0 N–H and O–H groups in total. The predicted molar refractivity (Wildman–Crippen MR) is 77.7 cm³/mol. The lowest BCUT2D eigenvalue weighted by Crippen LogP contribution is -2.64. The van der Waals surface area contributed by atoms with Crippen LogP contribution in [-0.4, -0.2) is 50.1 Å². The predicted octanol–water partition coefficient (Wildman–Crippen LogP) is 1.50. The first-order chi connectivity index (χ1) is 9.46. The molecular weight excluding hydrogens is 318 g/mol. The molecule has 0 spiro atoms. The normalized spacial score (nSPS) is 30.5. The summed E-state index contributed by atoms with van der Waals surface area (Å²) in [6.07, 6.45) is 0. The van der Waals surface area contributed by atoms with Gasteiger partial charge in [-0.25, -0.2) is 4.79 Å². The topological polar surface area (TPSA) is 72.9 Å². The molecule has 3 atom stereocenters. The van der Waals surface area contributed by atoms with Gasteiger partial charge in [0.05, 0.1) is 0 Å². The third-order valence-corrected chi connectivity index (χ3v) is 5.48. The lowest BCUT2D eigenvalue weighted by molar-refractivity contribution is -0.219. The number of nitrogens with zero attached hydrogens (tertiary/aromatic N) is 1. The zero-order chi connectivity index (χ0) is 16.2. The van der Waals surface area contributed by atoms with E-state index in [0.717, 1.165) is 0 Å². The number of rotatable bonds is 3. The Morgan fingerprint density at radius 1 is 1.33 bits per heavy atom. The largest absolute Gasteiger partial charge is 0.423 e. The number of amides is 1. The van der Waals surface area contributed by atoms with Crippen molar-refractivity contribution >= 4 is 41.2 Å². The monoisotopic (exact) mass is 335 g/mol. The second-order valence-corrected chi connectivity index (χ2v) is 8.32. The summed E-state index contributed by atoms with van der Waals surface area (Å²) < 4.78 is 9.70. The number of fused-ring (bicyclic) bond motifs is 1. The van der Waals surface area contributed by atoms with Crippen molar-refractivity contribution in [2.24, 2.45) is 0 Å². The summed E-state index contributed by atoms with van der Waals surface area (Å²) >= 11 is 7.44. The van der Waals surface area contributed by atoms with Crippen molar-refractivity contribution in [3.05, 3.63) is 0 Å². The van der Waals surface area contributed by atoms with Gasteiger partial charge in [-0.15, -0.1) is 23.4 Å². The SMILES string of the molecule is CC(=O)OC(C)(C)OC(=O)[C@@H]1N2C(=O)[C@@H](Cl)[C@H]2SC1(C)C. The maximum Gasteiger partial charge on any atom is 0.333 e. The number of halogens is 1. The van der Waals surface area contributed by atoms with Crippen molar-refractivity contribution in [2.45, 2.75) is 61.9 Å². The van der Waals surface area contributed by atoms with Gasteiger partial charge in [0.25, 0.3) is 5.79 Å². The minimum atomic E-state index is -1.38. The number of hydrogen-bond acceptors (Lipinski definition) is 6. The average Bonchev–Trinajstić information content (AvgIpc) is 2.55. The highest BCUT2D eigenvalue weighted by atomic mass is 35.5. The average molecular weight is 336 g/mol. The molecule has 21 heavy (non-hydrogen) atoms. The van der Waals surface area contributed by atoms with Crippen LogP contribution in [0.25, 0.3) is 0 Å². The Hall–Kier alpha value is -0.950. The van der Waals surface area contributed by atoms with Crippen molar-refractivity contribution in [2.75, 3.05) is 0 Å². The molecule has 2 fully saturated rings. The molecule has 2 rings (SSSR count). The molecule has 0 saturated carbocycles. The maximum absolute atomic E-state index is 12.4. The Balaban J connectivity index is 2.15. The Labute approximate surface area is 132 Å². The minimum Gasteiger partial charge on any atom is -0.423 e. The number of alkyl halides is 1. The number of esters is 2. The molecule has 0 aliphatic carbocycles. The van der Waals surface area contributed by atoms with Crippen molar-refractivity contribution in [3.8, 4) is 0 Å². The summed E-state index contributed by atoms with van der Waals surface area (Å²) in [5, 5.41) is -0.822. The molecule has 0 radical (unpaired) electrons. The van der Waals surface area contributed by atoms with Crippen LogP contribution in [0.5, 0.6) is 0 Å². The third-order valence-electron chi connectivity index (χ3n) is 3.34. The van der Waals surface area contributed by atoms with E-state index in [1.165, 1.54) is 37.4 Å². The van der Waals surface area contributed by atoms with E-state index in [9.17, 15) is 14.4 Å². The van der Waals surface area contributed by atoms with E-state index >= 15 is 0 Å². The number of carbonyl (C=O) groups is 3. The molecule has 2 aliphatic heterocycles. The van der Waals surface area contributed by atoms with Crippen molar-refractivity contribution in [1.29, 1.82) is 0 Å². The van der Waals surface area contributed by atoms with Gasteiger partial charge in [-0.2, -0.15) is 0 Å². The van der Waals surface area contributed by atoms with Crippen molar-refractivity contribution in [3.63, 3.8) is 0 Å². The number of thioether (sulfide) groups is 1. The molecule has 0 aromatic heterocycles. The Kier molecular flexibility index (Phi) is 3.95. The lowest BCUT2D eigenvalue weighted by atomic mass is 9.98. The van der Waals surface area contributed by atoms with E-state index in [1.807, 2.05) is 13.8 Å². The molecule has 118 valence electrons. The van der Waals surface area contributed by atoms with Crippen LogP contribution in [0.2, 0.25) is 0 Å². The van der Waals surface area contributed by atoms with E-state index in [1.54, 1.807) is 0 Å². The van der Waals surface area contributed by atoms with Crippen molar-refractivity contribution < 1.29 is 23.9 Å². The first-order valence-electron chi connectivity index (χ1n) is 6.53. The standard InChI is InChI=1S/C13H18ClNO5S/c1-6(16)19-13(4,5)20-11(18)8-12(2,3)21-10-7(14)9(17)15(8)10/h7-8,10H,1-5H3/t7-,8+,10-/m1/s1. The van der Waals surface area contributed by atoms with Crippen LogP contribution in [0.1, 0.15) is 34.6 Å². The molecule has 8 heteroatoms. The fourth-order valence-corrected chi connectivity index (χ4v) is 4.54. The van der Waals surface area contributed by atoms with E-state index in [2.05, 4.69) is 0 Å². The van der Waals surface area contributed by atoms with Crippen molar-refractivity contribution in [1.82, 2.24) is 4.90 Å². The number of ether oxygens (including phenoxy) is 2. The molecule has 0 aromatic rings. The second-order valence-electron chi connectivity index (χ2n) is 6.08. The third kappa shape index (κ3) is 2.85. The van der Waals surface area contributed by atoms with Crippen LogP contribution in [0.4, 0.5) is 0 Å². The highest BCUT2D eigenvalue weighted by Gasteiger charge is 2.64. The quantitative estimate of drug-likeness (QED) is 0.337. The van der Waals surface area contributed by atoms with Gasteiger partial charge in [0, 0.05) is 25.5 Å². The summed E-state index contributed by atoms with van der Waals surface area (Å²) in [4.78, 5) is 36.8. The molecule has 2 saturated heterocycles. The molecule has 2 aliphatic rings. The first-order valence-corrected chi connectivity index (χ1v) is 7.84. The zero-order valence-electron chi connectivity index (χ0n) is 12.5. The van der Waals surface area contributed by atoms with Gasteiger partial charge in [0.1, 0.15) is 16.8 Å². The Morgan fingerprint density at radius 3 is 2.43 bits per heavy atom. The Bertz CT molecular complexity index is 507. The van der Waals surface area contributed by atoms with E-state index in [-0.39, 0.29) is 11.3 Å². The van der Waals surface area contributed by atoms with Crippen LogP contribution in [0, 0.1) is 0 Å². The van der Waals surface area contributed by atoms with Gasteiger partial charge < -0.3 is 14.4 Å². The van der Waals surface area contributed by atoms with E-state index < -0.39 is 33.9 Å². The van der Waals surface area contributed by atoms with Crippen LogP contribution in [-0.2, 0) is 23.9 Å².